The number of carbonyl (C=O) groups is 2. The maximum Gasteiger partial charge on any atom is 0.251 e. The summed E-state index contributed by atoms with van der Waals surface area (Å²) in [5.41, 5.74) is 3.41. The zero-order valence-corrected chi connectivity index (χ0v) is 14.2. The summed E-state index contributed by atoms with van der Waals surface area (Å²) in [4.78, 5) is 24.0. The van der Waals surface area contributed by atoms with Gasteiger partial charge in [0.2, 0.25) is 0 Å². The summed E-state index contributed by atoms with van der Waals surface area (Å²) in [6.45, 7) is 4.71. The van der Waals surface area contributed by atoms with E-state index in [2.05, 4.69) is 10.6 Å². The van der Waals surface area contributed by atoms with E-state index in [1.165, 1.54) is 0 Å². The van der Waals surface area contributed by atoms with Gasteiger partial charge in [-0.15, -0.1) is 0 Å². The van der Waals surface area contributed by atoms with E-state index in [0.717, 1.165) is 11.1 Å². The van der Waals surface area contributed by atoms with Gasteiger partial charge in [-0.2, -0.15) is 0 Å². The summed E-state index contributed by atoms with van der Waals surface area (Å²) in [6.07, 6.45) is 0. The fourth-order valence-electron chi connectivity index (χ4n) is 2.18. The van der Waals surface area contributed by atoms with Crippen molar-refractivity contribution < 1.29 is 14.3 Å². The highest BCUT2D eigenvalue weighted by Gasteiger charge is 2.07. The van der Waals surface area contributed by atoms with Gasteiger partial charge in [-0.25, -0.2) is 0 Å². The highest BCUT2D eigenvalue weighted by Crippen LogP contribution is 2.11. The van der Waals surface area contributed by atoms with Crippen LogP contribution < -0.4 is 15.4 Å². The third kappa shape index (κ3) is 4.59. The smallest absolute Gasteiger partial charge is 0.251 e. The second-order valence-electron chi connectivity index (χ2n) is 5.54. The van der Waals surface area contributed by atoms with E-state index in [1.807, 2.05) is 26.0 Å². The van der Waals surface area contributed by atoms with Crippen LogP contribution in [0.1, 0.15) is 31.8 Å². The van der Waals surface area contributed by atoms with Crippen LogP contribution in [0.4, 0.5) is 0 Å². The molecule has 24 heavy (non-hydrogen) atoms. The summed E-state index contributed by atoms with van der Waals surface area (Å²) < 4.78 is 5.05. The van der Waals surface area contributed by atoms with Crippen LogP contribution in [-0.4, -0.2) is 32.0 Å². The van der Waals surface area contributed by atoms with Gasteiger partial charge in [0.1, 0.15) is 5.75 Å². The molecule has 0 bridgehead atoms. The van der Waals surface area contributed by atoms with Crippen molar-refractivity contribution in [1.29, 1.82) is 0 Å². The Labute approximate surface area is 142 Å². The van der Waals surface area contributed by atoms with E-state index in [1.54, 1.807) is 37.4 Å². The zero-order valence-electron chi connectivity index (χ0n) is 14.2. The summed E-state index contributed by atoms with van der Waals surface area (Å²) >= 11 is 0. The van der Waals surface area contributed by atoms with Crippen LogP contribution in [0.3, 0.4) is 0 Å². The molecule has 5 heteroatoms. The maximum atomic E-state index is 12.1. The first-order chi connectivity index (χ1) is 11.5. The van der Waals surface area contributed by atoms with Crippen LogP contribution in [0.5, 0.6) is 5.75 Å². The Hall–Kier alpha value is -2.82. The van der Waals surface area contributed by atoms with Gasteiger partial charge in [0.05, 0.1) is 7.11 Å². The average molecular weight is 326 g/mol. The molecule has 2 N–H and O–H groups in total. The number of hydrogen-bond donors (Lipinski definition) is 2. The van der Waals surface area contributed by atoms with Gasteiger partial charge in [0.15, 0.2) is 0 Å². The normalized spacial score (nSPS) is 10.1. The highest BCUT2D eigenvalue weighted by molar-refractivity contribution is 5.95. The Morgan fingerprint density at radius 3 is 1.92 bits per heavy atom. The van der Waals surface area contributed by atoms with Crippen LogP contribution in [0.25, 0.3) is 0 Å². The Morgan fingerprint density at radius 1 is 0.833 bits per heavy atom. The Balaban J connectivity index is 1.78. The summed E-state index contributed by atoms with van der Waals surface area (Å²) in [6, 6.07) is 12.4. The van der Waals surface area contributed by atoms with Crippen molar-refractivity contribution in [2.45, 2.75) is 13.8 Å². The Bertz CT molecular complexity index is 724. The predicted molar refractivity (Wildman–Crippen MR) is 93.6 cm³/mol. The molecule has 2 rings (SSSR count). The van der Waals surface area contributed by atoms with Crippen LogP contribution in [0, 0.1) is 13.8 Å². The first-order valence-electron chi connectivity index (χ1n) is 7.79. The summed E-state index contributed by atoms with van der Waals surface area (Å²) in [5.74, 6) is 0.377. The molecule has 0 saturated heterocycles. The van der Waals surface area contributed by atoms with E-state index < -0.39 is 0 Å². The van der Waals surface area contributed by atoms with Gasteiger partial charge in [0.25, 0.3) is 11.8 Å². The number of nitrogens with one attached hydrogen (secondary N) is 2. The van der Waals surface area contributed by atoms with Gasteiger partial charge in [-0.1, -0.05) is 6.07 Å². The molecule has 0 heterocycles. The molecule has 0 aliphatic heterocycles. The number of methoxy groups -OCH3 is 1. The van der Waals surface area contributed by atoms with Gasteiger partial charge in [-0.05, 0) is 61.4 Å². The van der Waals surface area contributed by atoms with Gasteiger partial charge < -0.3 is 15.4 Å². The minimum absolute atomic E-state index is 0.142. The lowest BCUT2D eigenvalue weighted by Crippen LogP contribution is -2.34. The molecule has 5 nitrogen and oxygen atoms in total. The first-order valence-corrected chi connectivity index (χ1v) is 7.79. The molecule has 0 spiro atoms. The number of benzene rings is 2. The van der Waals surface area contributed by atoms with Crippen molar-refractivity contribution in [3.8, 4) is 5.75 Å². The topological polar surface area (TPSA) is 67.4 Å². The molecule has 2 aromatic rings. The van der Waals surface area contributed by atoms with E-state index in [0.29, 0.717) is 30.0 Å². The molecular weight excluding hydrogens is 304 g/mol. The largest absolute Gasteiger partial charge is 0.497 e. The fraction of sp³-hybridized carbons (Fsp3) is 0.263. The van der Waals surface area contributed by atoms with E-state index >= 15 is 0 Å². The molecule has 126 valence electrons. The number of hydrogen-bond acceptors (Lipinski definition) is 3. The number of amides is 2. The van der Waals surface area contributed by atoms with Crippen LogP contribution in [0.15, 0.2) is 42.5 Å². The molecule has 0 aliphatic carbocycles. The van der Waals surface area contributed by atoms with E-state index in [-0.39, 0.29) is 11.8 Å². The van der Waals surface area contributed by atoms with E-state index in [4.69, 9.17) is 4.74 Å². The SMILES string of the molecule is COc1ccc(C(=O)NCCNC(=O)c2ccc(C)c(C)c2)cc1. The maximum absolute atomic E-state index is 12.1. The van der Waals surface area contributed by atoms with Gasteiger partial charge in [-0.3, -0.25) is 9.59 Å². The number of carbonyl (C=O) groups excluding carboxylic acids is 2. The number of rotatable bonds is 6. The molecular formula is C19H22N2O3. The molecule has 0 aromatic heterocycles. The second-order valence-corrected chi connectivity index (χ2v) is 5.54. The summed E-state index contributed by atoms with van der Waals surface area (Å²) in [5, 5.41) is 5.57. The lowest BCUT2D eigenvalue weighted by Gasteiger charge is -2.09. The van der Waals surface area contributed by atoms with Crippen molar-refractivity contribution in [2.24, 2.45) is 0 Å². The van der Waals surface area contributed by atoms with Crippen LogP contribution in [-0.2, 0) is 0 Å². The Kier molecular flexibility index (Phi) is 5.95. The van der Waals surface area contributed by atoms with Gasteiger partial charge >= 0.3 is 0 Å². The lowest BCUT2D eigenvalue weighted by molar-refractivity contribution is 0.0927. The molecule has 0 saturated carbocycles. The molecule has 0 fully saturated rings. The summed E-state index contributed by atoms with van der Waals surface area (Å²) in [7, 11) is 1.58. The number of aryl methyl sites for hydroxylation is 2. The quantitative estimate of drug-likeness (QED) is 0.801. The predicted octanol–water partition coefficient (Wildman–Crippen LogP) is 2.47. The lowest BCUT2D eigenvalue weighted by atomic mass is 10.1. The molecule has 2 amide bonds. The average Bonchev–Trinajstić information content (AvgIpc) is 2.60. The number of ether oxygens (including phenoxy) is 1. The molecule has 0 atom stereocenters. The fourth-order valence-corrected chi connectivity index (χ4v) is 2.18. The molecule has 2 aromatic carbocycles. The minimum atomic E-state index is -0.182. The van der Waals surface area contributed by atoms with Crippen molar-refractivity contribution in [3.05, 3.63) is 64.7 Å². The monoisotopic (exact) mass is 326 g/mol. The van der Waals surface area contributed by atoms with Crippen molar-refractivity contribution in [3.63, 3.8) is 0 Å². The third-order valence-electron chi connectivity index (χ3n) is 3.82. The standard InChI is InChI=1S/C19H22N2O3/c1-13-4-5-16(12-14(13)2)19(23)21-11-10-20-18(22)15-6-8-17(24-3)9-7-15/h4-9,12H,10-11H2,1-3H3,(H,20,22)(H,21,23). The Morgan fingerprint density at radius 2 is 1.38 bits per heavy atom. The van der Waals surface area contributed by atoms with Crippen molar-refractivity contribution >= 4 is 11.8 Å². The van der Waals surface area contributed by atoms with Crippen molar-refractivity contribution in [1.82, 2.24) is 10.6 Å². The molecule has 0 aliphatic rings. The minimum Gasteiger partial charge on any atom is -0.497 e. The third-order valence-corrected chi connectivity index (χ3v) is 3.82. The first kappa shape index (κ1) is 17.5. The van der Waals surface area contributed by atoms with E-state index in [9.17, 15) is 9.59 Å². The van der Waals surface area contributed by atoms with Crippen LogP contribution >= 0.6 is 0 Å². The molecule has 0 radical (unpaired) electrons. The van der Waals surface area contributed by atoms with Gasteiger partial charge in [0, 0.05) is 24.2 Å². The molecule has 0 unspecified atom stereocenters. The van der Waals surface area contributed by atoms with Crippen molar-refractivity contribution in [2.75, 3.05) is 20.2 Å². The van der Waals surface area contributed by atoms with Crippen LogP contribution in [0.2, 0.25) is 0 Å². The zero-order chi connectivity index (χ0) is 17.5. The second kappa shape index (κ2) is 8.15. The highest BCUT2D eigenvalue weighted by atomic mass is 16.5.